The van der Waals surface area contributed by atoms with E-state index in [0.29, 0.717) is 11.9 Å². The maximum absolute atomic E-state index is 5.51. The summed E-state index contributed by atoms with van der Waals surface area (Å²) < 4.78 is 5.51. The molecule has 1 N–H and O–H groups in total. The van der Waals surface area contributed by atoms with Crippen molar-refractivity contribution in [2.45, 2.75) is 38.6 Å². The number of hydrogen-bond acceptors (Lipinski definition) is 5. The van der Waals surface area contributed by atoms with Crippen molar-refractivity contribution in [2.24, 2.45) is 0 Å². The minimum absolute atomic E-state index is 0. The molecule has 3 rings (SSSR count). The highest BCUT2D eigenvalue weighted by molar-refractivity contribution is 5.85. The maximum atomic E-state index is 5.51. The Morgan fingerprint density at radius 2 is 1.96 bits per heavy atom. The van der Waals surface area contributed by atoms with Crippen LogP contribution in [0.2, 0.25) is 0 Å². The van der Waals surface area contributed by atoms with Crippen LogP contribution in [-0.2, 0) is 6.42 Å². The van der Waals surface area contributed by atoms with Crippen LogP contribution in [0, 0.1) is 0 Å². The van der Waals surface area contributed by atoms with Gasteiger partial charge in [0.1, 0.15) is 0 Å². The molecular formula is C17H25ClN4O. The van der Waals surface area contributed by atoms with Crippen molar-refractivity contribution in [1.82, 2.24) is 15.5 Å². The van der Waals surface area contributed by atoms with Gasteiger partial charge in [-0.15, -0.1) is 12.4 Å². The lowest BCUT2D eigenvalue weighted by Crippen LogP contribution is -2.29. The Hall–Kier alpha value is -1.59. The molecular weight excluding hydrogens is 312 g/mol. The number of piperidine rings is 1. The van der Waals surface area contributed by atoms with E-state index >= 15 is 0 Å². The van der Waals surface area contributed by atoms with Crippen LogP contribution in [0.15, 0.2) is 28.8 Å². The summed E-state index contributed by atoms with van der Waals surface area (Å²) in [4.78, 5) is 7.01. The van der Waals surface area contributed by atoms with E-state index in [1.54, 1.807) is 0 Å². The number of hydrogen-bond donors (Lipinski definition) is 1. The lowest BCUT2D eigenvalue weighted by molar-refractivity contribution is 0.418. The SMILES string of the molecule is CNC(C)Cc1noc(-c2ccccc2N2CCCCC2)n1.Cl. The summed E-state index contributed by atoms with van der Waals surface area (Å²) in [5.41, 5.74) is 2.25. The second-order valence-corrected chi connectivity index (χ2v) is 5.97. The number of aromatic nitrogens is 2. The Bertz CT molecular complexity index is 610. The van der Waals surface area contributed by atoms with Gasteiger partial charge in [0.15, 0.2) is 5.82 Å². The topological polar surface area (TPSA) is 54.2 Å². The molecule has 6 heteroatoms. The van der Waals surface area contributed by atoms with Crippen LogP contribution in [0.3, 0.4) is 0 Å². The largest absolute Gasteiger partial charge is 0.371 e. The molecule has 1 aliphatic rings. The molecule has 0 saturated carbocycles. The summed E-state index contributed by atoms with van der Waals surface area (Å²) >= 11 is 0. The van der Waals surface area contributed by atoms with Gasteiger partial charge in [-0.3, -0.25) is 0 Å². The van der Waals surface area contributed by atoms with Crippen molar-refractivity contribution in [3.05, 3.63) is 30.1 Å². The Morgan fingerprint density at radius 1 is 1.22 bits per heavy atom. The third-order valence-electron chi connectivity index (χ3n) is 4.28. The average Bonchev–Trinajstić information content (AvgIpc) is 3.04. The monoisotopic (exact) mass is 336 g/mol. The highest BCUT2D eigenvalue weighted by Crippen LogP contribution is 2.31. The molecule has 0 spiro atoms. The van der Waals surface area contributed by atoms with Gasteiger partial charge in [-0.05, 0) is 45.4 Å². The molecule has 0 aliphatic carbocycles. The van der Waals surface area contributed by atoms with Gasteiger partial charge in [0.2, 0.25) is 0 Å². The van der Waals surface area contributed by atoms with E-state index in [2.05, 4.69) is 45.5 Å². The third-order valence-corrected chi connectivity index (χ3v) is 4.28. The molecule has 1 saturated heterocycles. The van der Waals surface area contributed by atoms with Gasteiger partial charge in [0.05, 0.1) is 5.56 Å². The quantitative estimate of drug-likeness (QED) is 0.908. The van der Waals surface area contributed by atoms with E-state index in [0.717, 1.165) is 30.9 Å². The minimum atomic E-state index is 0. The highest BCUT2D eigenvalue weighted by Gasteiger charge is 2.19. The van der Waals surface area contributed by atoms with Gasteiger partial charge >= 0.3 is 0 Å². The van der Waals surface area contributed by atoms with E-state index in [9.17, 15) is 0 Å². The first-order valence-corrected chi connectivity index (χ1v) is 8.12. The Kier molecular flexibility index (Phi) is 6.42. The van der Waals surface area contributed by atoms with Crippen molar-refractivity contribution in [3.63, 3.8) is 0 Å². The van der Waals surface area contributed by atoms with E-state index in [1.807, 2.05) is 13.1 Å². The summed E-state index contributed by atoms with van der Waals surface area (Å²) in [6.07, 6.45) is 4.60. The van der Waals surface area contributed by atoms with E-state index in [4.69, 9.17) is 4.52 Å². The maximum Gasteiger partial charge on any atom is 0.260 e. The normalized spacial score (nSPS) is 16.0. The number of rotatable bonds is 5. The standard InChI is InChI=1S/C17H24N4O.ClH/c1-13(18-2)12-16-19-17(22-20-16)14-8-4-5-9-15(14)21-10-6-3-7-11-21;/h4-5,8-9,13,18H,3,6-7,10-12H2,1-2H3;1H. The van der Waals surface area contributed by atoms with Gasteiger partial charge < -0.3 is 14.7 Å². The fraction of sp³-hybridized carbons (Fsp3) is 0.529. The molecule has 0 amide bonds. The first kappa shape index (κ1) is 17.8. The number of halogens is 1. The zero-order valence-electron chi connectivity index (χ0n) is 13.8. The van der Waals surface area contributed by atoms with Crippen LogP contribution < -0.4 is 10.2 Å². The fourth-order valence-corrected chi connectivity index (χ4v) is 2.89. The molecule has 0 radical (unpaired) electrons. The van der Waals surface area contributed by atoms with Crippen molar-refractivity contribution in [3.8, 4) is 11.5 Å². The predicted octanol–water partition coefficient (Wildman–Crippen LogP) is 3.30. The van der Waals surface area contributed by atoms with Crippen LogP contribution >= 0.6 is 12.4 Å². The number of para-hydroxylation sites is 1. The van der Waals surface area contributed by atoms with Gasteiger partial charge in [-0.25, -0.2) is 0 Å². The van der Waals surface area contributed by atoms with Gasteiger partial charge in [-0.2, -0.15) is 4.98 Å². The summed E-state index contributed by atoms with van der Waals surface area (Å²) in [5.74, 6) is 1.38. The van der Waals surface area contributed by atoms with Crippen LogP contribution in [0.5, 0.6) is 0 Å². The summed E-state index contributed by atoms with van der Waals surface area (Å²) in [5, 5.41) is 7.32. The van der Waals surface area contributed by atoms with Gasteiger partial charge in [0, 0.05) is 31.2 Å². The third kappa shape index (κ3) is 4.24. The molecule has 5 nitrogen and oxygen atoms in total. The van der Waals surface area contributed by atoms with Crippen molar-refractivity contribution in [2.75, 3.05) is 25.0 Å². The summed E-state index contributed by atoms with van der Waals surface area (Å²) in [6.45, 7) is 4.32. The molecule has 1 aromatic heterocycles. The molecule has 2 heterocycles. The summed E-state index contributed by atoms with van der Waals surface area (Å²) in [6, 6.07) is 8.67. The summed E-state index contributed by atoms with van der Waals surface area (Å²) in [7, 11) is 1.94. The molecule has 1 fully saturated rings. The molecule has 23 heavy (non-hydrogen) atoms. The second-order valence-electron chi connectivity index (χ2n) is 5.97. The van der Waals surface area contributed by atoms with E-state index < -0.39 is 0 Å². The molecule has 1 aliphatic heterocycles. The van der Waals surface area contributed by atoms with Crippen LogP contribution in [0.4, 0.5) is 5.69 Å². The van der Waals surface area contributed by atoms with E-state index in [-0.39, 0.29) is 12.4 Å². The number of benzene rings is 1. The fourth-order valence-electron chi connectivity index (χ4n) is 2.89. The highest BCUT2D eigenvalue weighted by atomic mass is 35.5. The number of likely N-dealkylation sites (N-methyl/N-ethyl adjacent to an activating group) is 1. The molecule has 1 atom stereocenters. The smallest absolute Gasteiger partial charge is 0.260 e. The minimum Gasteiger partial charge on any atom is -0.371 e. The molecule has 2 aromatic rings. The number of nitrogens with one attached hydrogen (secondary N) is 1. The van der Waals surface area contributed by atoms with Gasteiger partial charge in [0.25, 0.3) is 5.89 Å². The van der Waals surface area contributed by atoms with Crippen LogP contribution in [-0.4, -0.2) is 36.3 Å². The number of nitrogens with zero attached hydrogens (tertiary/aromatic N) is 3. The predicted molar refractivity (Wildman–Crippen MR) is 95.3 cm³/mol. The Morgan fingerprint density at radius 3 is 2.70 bits per heavy atom. The lowest BCUT2D eigenvalue weighted by Gasteiger charge is -2.29. The number of anilines is 1. The Labute approximate surface area is 143 Å². The first-order valence-electron chi connectivity index (χ1n) is 8.12. The zero-order valence-corrected chi connectivity index (χ0v) is 14.6. The molecule has 0 bridgehead atoms. The lowest BCUT2D eigenvalue weighted by atomic mass is 10.1. The van der Waals surface area contributed by atoms with Crippen molar-refractivity contribution >= 4 is 18.1 Å². The molecule has 1 unspecified atom stereocenters. The van der Waals surface area contributed by atoms with Gasteiger partial charge in [-0.1, -0.05) is 17.3 Å². The molecule has 1 aromatic carbocycles. The second kappa shape index (κ2) is 8.31. The van der Waals surface area contributed by atoms with Crippen LogP contribution in [0.1, 0.15) is 32.0 Å². The van der Waals surface area contributed by atoms with Crippen LogP contribution in [0.25, 0.3) is 11.5 Å². The van der Waals surface area contributed by atoms with Crippen molar-refractivity contribution in [1.29, 1.82) is 0 Å². The first-order chi connectivity index (χ1) is 10.8. The Balaban J connectivity index is 0.00000192. The van der Waals surface area contributed by atoms with Crippen molar-refractivity contribution < 1.29 is 4.52 Å². The molecule has 126 valence electrons. The zero-order chi connectivity index (χ0) is 15.4. The van der Waals surface area contributed by atoms with E-state index in [1.165, 1.54) is 24.9 Å². The average molecular weight is 337 g/mol.